The Bertz CT molecular complexity index is 645. The fraction of sp³-hybridized carbons (Fsp3) is 0.786. The summed E-state index contributed by atoms with van der Waals surface area (Å²) in [5.74, 6) is 0. The van der Waals surface area contributed by atoms with E-state index in [1.54, 1.807) is 0 Å². The first kappa shape index (κ1) is 31.2. The first-order chi connectivity index (χ1) is 16.0. The Morgan fingerprint density at radius 3 is 1.52 bits per heavy atom. The zero-order valence-corrected chi connectivity index (χ0v) is 24.1. The minimum Gasteiger partial charge on any atom is -0.337 e. The molecule has 33 heavy (non-hydrogen) atoms. The molecule has 0 heterocycles. The van der Waals surface area contributed by atoms with Crippen LogP contribution in [0.4, 0.5) is 0 Å². The summed E-state index contributed by atoms with van der Waals surface area (Å²) in [6.07, 6.45) is 26.2. The van der Waals surface area contributed by atoms with Crippen LogP contribution in [-0.2, 0) is 24.6 Å². The molecule has 1 rings (SSSR count). The SMILES string of the molecule is CCCCCCCCCCCc1ccc(SP(O)(O)=S)c(CCCCCCCCCCC)c1. The molecule has 0 aliphatic heterocycles. The Balaban J connectivity index is 2.38. The molecule has 0 spiro atoms. The monoisotopic (exact) mass is 514 g/mol. The van der Waals surface area contributed by atoms with Crippen molar-refractivity contribution >= 4 is 28.9 Å². The van der Waals surface area contributed by atoms with Crippen LogP contribution in [0.2, 0.25) is 0 Å². The van der Waals surface area contributed by atoms with Gasteiger partial charge in [0.15, 0.2) is 0 Å². The molecule has 0 atom stereocenters. The Morgan fingerprint density at radius 2 is 1.06 bits per heavy atom. The fourth-order valence-corrected chi connectivity index (χ4v) is 7.16. The normalized spacial score (nSPS) is 11.9. The second kappa shape index (κ2) is 20.3. The number of unbranched alkanes of at least 4 members (excludes halogenated alkanes) is 16. The minimum atomic E-state index is -3.29. The molecule has 192 valence electrons. The zero-order valence-electron chi connectivity index (χ0n) is 21.5. The van der Waals surface area contributed by atoms with E-state index in [1.165, 1.54) is 127 Å². The summed E-state index contributed by atoms with van der Waals surface area (Å²) in [4.78, 5) is 20.6. The molecule has 0 aliphatic carbocycles. The van der Waals surface area contributed by atoms with Crippen molar-refractivity contribution < 1.29 is 9.79 Å². The van der Waals surface area contributed by atoms with Crippen LogP contribution in [0.15, 0.2) is 23.1 Å². The van der Waals surface area contributed by atoms with Crippen molar-refractivity contribution in [1.82, 2.24) is 0 Å². The highest BCUT2D eigenvalue weighted by molar-refractivity contribution is 8.67. The predicted molar refractivity (Wildman–Crippen MR) is 153 cm³/mol. The van der Waals surface area contributed by atoms with E-state index in [9.17, 15) is 9.79 Å². The van der Waals surface area contributed by atoms with Crippen molar-refractivity contribution in [2.45, 2.75) is 147 Å². The average Bonchev–Trinajstić information content (AvgIpc) is 2.77. The van der Waals surface area contributed by atoms with Crippen molar-refractivity contribution in [3.63, 3.8) is 0 Å². The molecular weight excluding hydrogens is 463 g/mol. The highest BCUT2D eigenvalue weighted by Crippen LogP contribution is 2.55. The number of hydrogen-bond acceptors (Lipinski definition) is 2. The van der Waals surface area contributed by atoms with Crippen molar-refractivity contribution in [2.24, 2.45) is 0 Å². The van der Waals surface area contributed by atoms with E-state index in [-0.39, 0.29) is 0 Å². The summed E-state index contributed by atoms with van der Waals surface area (Å²) in [5.41, 5.74) is -0.643. The maximum Gasteiger partial charge on any atom is 0.246 e. The van der Waals surface area contributed by atoms with Gasteiger partial charge in [0.2, 0.25) is 5.69 Å². The van der Waals surface area contributed by atoms with E-state index in [0.717, 1.165) is 29.1 Å². The summed E-state index contributed by atoms with van der Waals surface area (Å²) in [7, 11) is 0. The Labute approximate surface area is 214 Å². The molecule has 0 bridgehead atoms. The van der Waals surface area contributed by atoms with Crippen LogP contribution in [0.1, 0.15) is 141 Å². The first-order valence-corrected chi connectivity index (χ1v) is 18.0. The molecular formula is C28H51O2PS2. The van der Waals surface area contributed by atoms with Crippen LogP contribution in [0, 0.1) is 0 Å². The summed E-state index contributed by atoms with van der Waals surface area (Å²) in [6.45, 7) is 4.54. The molecule has 1 aromatic rings. The van der Waals surface area contributed by atoms with Gasteiger partial charge >= 0.3 is 0 Å². The largest absolute Gasteiger partial charge is 0.337 e. The maximum absolute atomic E-state index is 9.83. The van der Waals surface area contributed by atoms with Crippen LogP contribution in [0.3, 0.4) is 0 Å². The smallest absolute Gasteiger partial charge is 0.246 e. The average molecular weight is 515 g/mol. The third-order valence-corrected chi connectivity index (χ3v) is 9.27. The Morgan fingerprint density at radius 1 is 0.636 bits per heavy atom. The highest BCUT2D eigenvalue weighted by Gasteiger charge is 2.14. The quantitative estimate of drug-likeness (QED) is 0.119. The van der Waals surface area contributed by atoms with Gasteiger partial charge in [0.1, 0.15) is 0 Å². The third-order valence-electron chi connectivity index (χ3n) is 6.46. The minimum absolute atomic E-state index is 0.971. The van der Waals surface area contributed by atoms with Crippen LogP contribution < -0.4 is 0 Å². The van der Waals surface area contributed by atoms with Gasteiger partial charge in [-0.05, 0) is 66.1 Å². The molecule has 0 fully saturated rings. The van der Waals surface area contributed by atoms with Crippen LogP contribution in [0.25, 0.3) is 0 Å². The summed E-state index contributed by atoms with van der Waals surface area (Å²) in [5, 5.41) is 0. The van der Waals surface area contributed by atoms with Crippen molar-refractivity contribution in [3.8, 4) is 0 Å². The van der Waals surface area contributed by atoms with E-state index in [4.69, 9.17) is 11.8 Å². The van der Waals surface area contributed by atoms with Gasteiger partial charge in [0.05, 0.1) is 0 Å². The molecule has 0 aliphatic rings. The van der Waals surface area contributed by atoms with Crippen molar-refractivity contribution in [1.29, 1.82) is 0 Å². The number of aryl methyl sites for hydroxylation is 2. The van der Waals surface area contributed by atoms with Gasteiger partial charge in [0, 0.05) is 4.90 Å². The van der Waals surface area contributed by atoms with E-state index < -0.39 is 5.69 Å². The molecule has 0 radical (unpaired) electrons. The number of hydrogen-bond donors (Lipinski definition) is 2. The second-order valence-corrected chi connectivity index (χ2v) is 15.6. The number of rotatable bonds is 22. The maximum atomic E-state index is 9.83. The van der Waals surface area contributed by atoms with Crippen LogP contribution in [-0.4, -0.2) is 9.79 Å². The molecule has 2 nitrogen and oxygen atoms in total. The lowest BCUT2D eigenvalue weighted by Gasteiger charge is -2.14. The molecule has 5 heteroatoms. The summed E-state index contributed by atoms with van der Waals surface area (Å²) >= 11 is 6.00. The number of benzene rings is 1. The van der Waals surface area contributed by atoms with Gasteiger partial charge in [-0.2, -0.15) is 0 Å². The van der Waals surface area contributed by atoms with Gasteiger partial charge < -0.3 is 9.79 Å². The fourth-order valence-electron chi connectivity index (χ4n) is 4.47. The van der Waals surface area contributed by atoms with E-state index in [0.29, 0.717) is 0 Å². The zero-order chi connectivity index (χ0) is 24.2. The standard InChI is InChI=1S/C28H51O2PS2/c1-3-5-7-9-11-13-15-17-19-21-26-23-24-28(33-31(29,30)32)27(25-26)22-20-18-16-14-12-10-8-6-4-2/h23-25H,3-22H2,1-2H3,(H2,29,30,32). The van der Waals surface area contributed by atoms with E-state index in [2.05, 4.69) is 32.0 Å². The third kappa shape index (κ3) is 18.1. The molecule has 0 amide bonds. The van der Waals surface area contributed by atoms with Gasteiger partial charge in [-0.1, -0.05) is 129 Å². The lowest BCUT2D eigenvalue weighted by molar-refractivity contribution is 0.502. The van der Waals surface area contributed by atoms with Crippen molar-refractivity contribution in [3.05, 3.63) is 29.3 Å². The van der Waals surface area contributed by atoms with E-state index in [1.807, 2.05) is 0 Å². The molecule has 0 saturated carbocycles. The van der Waals surface area contributed by atoms with Gasteiger partial charge in [-0.25, -0.2) is 0 Å². The molecule has 0 saturated heterocycles. The van der Waals surface area contributed by atoms with Crippen LogP contribution in [0.5, 0.6) is 0 Å². The highest BCUT2D eigenvalue weighted by atomic mass is 32.9. The predicted octanol–water partition coefficient (Wildman–Crippen LogP) is 10.1. The van der Waals surface area contributed by atoms with E-state index >= 15 is 0 Å². The summed E-state index contributed by atoms with van der Waals surface area (Å²) in [6, 6.07) is 6.55. The lowest BCUT2D eigenvalue weighted by Crippen LogP contribution is -1.94. The Hall–Kier alpha value is 0.140. The van der Waals surface area contributed by atoms with Gasteiger partial charge in [-0.15, -0.1) is 0 Å². The van der Waals surface area contributed by atoms with Gasteiger partial charge in [-0.3, -0.25) is 0 Å². The first-order valence-electron chi connectivity index (χ1n) is 13.8. The molecule has 1 aromatic carbocycles. The topological polar surface area (TPSA) is 40.5 Å². The molecule has 0 aromatic heterocycles. The second-order valence-electron chi connectivity index (χ2n) is 9.68. The van der Waals surface area contributed by atoms with Crippen LogP contribution >= 0.6 is 17.1 Å². The Kier molecular flexibility index (Phi) is 19.2. The molecule has 0 unspecified atom stereocenters. The summed E-state index contributed by atoms with van der Waals surface area (Å²) < 4.78 is 0. The molecule has 2 N–H and O–H groups in total. The van der Waals surface area contributed by atoms with Crippen molar-refractivity contribution in [2.75, 3.05) is 0 Å². The lowest BCUT2D eigenvalue weighted by atomic mass is 9.99. The van der Waals surface area contributed by atoms with Gasteiger partial charge in [0.25, 0.3) is 0 Å².